The number of hydrogen-bond acceptors (Lipinski definition) is 7. The van der Waals surface area contributed by atoms with Gasteiger partial charge in [-0.25, -0.2) is 14.6 Å². The Hall–Kier alpha value is -2.92. The number of primary amides is 1. The summed E-state index contributed by atoms with van der Waals surface area (Å²) < 4.78 is 29.4. The average Bonchev–Trinajstić information content (AvgIpc) is 3.20. The predicted octanol–water partition coefficient (Wildman–Crippen LogP) is 1.86. The third-order valence-electron chi connectivity index (χ3n) is 5.38. The summed E-state index contributed by atoms with van der Waals surface area (Å²) in [6.45, 7) is 5.75. The lowest BCUT2D eigenvalue weighted by atomic mass is 10.1. The van der Waals surface area contributed by atoms with Crippen molar-refractivity contribution in [2.45, 2.75) is 39.2 Å². The maximum absolute atomic E-state index is 14.0. The first-order chi connectivity index (χ1) is 14.5. The second-order valence-corrected chi connectivity index (χ2v) is 8.20. The minimum absolute atomic E-state index is 0. The molecule has 0 aliphatic carbocycles. The van der Waals surface area contributed by atoms with Crippen molar-refractivity contribution in [2.24, 2.45) is 17.4 Å². The molecule has 1 fully saturated rings. The van der Waals surface area contributed by atoms with E-state index in [4.69, 9.17) is 16.6 Å². The van der Waals surface area contributed by atoms with Crippen molar-refractivity contribution in [3.63, 3.8) is 0 Å². The molecule has 4 rings (SSSR count). The van der Waals surface area contributed by atoms with Crippen LogP contribution in [0, 0.1) is 12.8 Å². The van der Waals surface area contributed by atoms with E-state index in [1.54, 1.807) is 25.3 Å². The largest absolute Gasteiger partial charge is 0.369 e. The van der Waals surface area contributed by atoms with Crippen LogP contribution in [0.3, 0.4) is 0 Å². The van der Waals surface area contributed by atoms with Gasteiger partial charge in [-0.3, -0.25) is 9.78 Å². The minimum atomic E-state index is -3.21. The standard InChI is InChI=1S/C20H24F2N8O.ClH/c1-10-8-29(9-14(10)23)18-13-7-25-12(6-16(24)31)5-15(13)30(28-18)17-4-11(2)26-19(27-17)20(3,21)22;/h4-5,7,10,14H,6,8-9,23H2,1-3H3,(H2,24,31);1H/t10-,14-;/m0./s1. The van der Waals surface area contributed by atoms with Crippen LogP contribution in [0.5, 0.6) is 0 Å². The molecule has 1 amide bonds. The topological polar surface area (TPSA) is 129 Å². The van der Waals surface area contributed by atoms with Crippen molar-refractivity contribution >= 4 is 35.0 Å². The summed E-state index contributed by atoms with van der Waals surface area (Å²) in [5.74, 6) is -3.21. The highest BCUT2D eigenvalue weighted by Crippen LogP contribution is 2.32. The van der Waals surface area contributed by atoms with Crippen molar-refractivity contribution in [3.05, 3.63) is 35.5 Å². The molecule has 12 heteroatoms. The molecule has 4 N–H and O–H groups in total. The van der Waals surface area contributed by atoms with E-state index >= 15 is 0 Å². The van der Waals surface area contributed by atoms with Crippen LogP contribution in [-0.4, -0.2) is 49.8 Å². The number of amides is 1. The fraction of sp³-hybridized carbons (Fsp3) is 0.450. The predicted molar refractivity (Wildman–Crippen MR) is 118 cm³/mol. The van der Waals surface area contributed by atoms with Crippen LogP contribution in [0.1, 0.15) is 31.1 Å². The highest BCUT2D eigenvalue weighted by molar-refractivity contribution is 5.92. The summed E-state index contributed by atoms with van der Waals surface area (Å²) in [5.41, 5.74) is 12.9. The first-order valence-electron chi connectivity index (χ1n) is 9.93. The van der Waals surface area contributed by atoms with Crippen molar-refractivity contribution in [1.29, 1.82) is 0 Å². The number of anilines is 1. The SMILES string of the molecule is Cc1cc(-n2nc(N3C[C@H](C)[C@@H](N)C3)c3cnc(CC(N)=O)cc32)nc(C(C)(F)F)n1.Cl. The Kier molecular flexibility index (Phi) is 6.34. The van der Waals surface area contributed by atoms with Crippen molar-refractivity contribution in [1.82, 2.24) is 24.7 Å². The first kappa shape index (κ1) is 23.7. The number of fused-ring (bicyclic) bond motifs is 1. The van der Waals surface area contributed by atoms with Crippen LogP contribution in [0.25, 0.3) is 16.7 Å². The smallest absolute Gasteiger partial charge is 0.303 e. The van der Waals surface area contributed by atoms with Gasteiger partial charge in [0.05, 0.1) is 23.0 Å². The number of carbonyl (C=O) groups excluding carboxylic acids is 1. The third-order valence-corrected chi connectivity index (χ3v) is 5.38. The number of carbonyl (C=O) groups is 1. The maximum atomic E-state index is 14.0. The van der Waals surface area contributed by atoms with E-state index in [1.165, 1.54) is 4.68 Å². The lowest BCUT2D eigenvalue weighted by Gasteiger charge is -2.15. The molecule has 2 atom stereocenters. The highest BCUT2D eigenvalue weighted by atomic mass is 35.5. The summed E-state index contributed by atoms with van der Waals surface area (Å²) in [6.07, 6.45) is 1.56. The number of aromatic nitrogens is 5. The molecular weight excluding hydrogens is 442 g/mol. The zero-order chi connectivity index (χ0) is 22.5. The molecule has 172 valence electrons. The second kappa shape index (κ2) is 8.55. The van der Waals surface area contributed by atoms with Crippen LogP contribution < -0.4 is 16.4 Å². The second-order valence-electron chi connectivity index (χ2n) is 8.20. The van der Waals surface area contributed by atoms with Gasteiger partial charge in [-0.2, -0.15) is 8.78 Å². The number of pyridine rings is 1. The first-order valence-corrected chi connectivity index (χ1v) is 9.93. The van der Waals surface area contributed by atoms with Crippen LogP contribution in [0.15, 0.2) is 18.3 Å². The number of aryl methyl sites for hydroxylation is 1. The Morgan fingerprint density at radius 2 is 2.00 bits per heavy atom. The number of alkyl halides is 2. The Morgan fingerprint density at radius 3 is 2.59 bits per heavy atom. The molecule has 3 aromatic rings. The number of nitrogens with two attached hydrogens (primary N) is 2. The molecule has 0 bridgehead atoms. The van der Waals surface area contributed by atoms with Gasteiger partial charge in [-0.15, -0.1) is 17.5 Å². The fourth-order valence-electron chi connectivity index (χ4n) is 3.74. The van der Waals surface area contributed by atoms with Gasteiger partial charge in [0.15, 0.2) is 11.6 Å². The Balaban J connectivity index is 0.00000289. The van der Waals surface area contributed by atoms with E-state index in [9.17, 15) is 13.6 Å². The van der Waals surface area contributed by atoms with Crippen LogP contribution in [0.2, 0.25) is 0 Å². The summed E-state index contributed by atoms with van der Waals surface area (Å²) in [4.78, 5) is 25.7. The van der Waals surface area contributed by atoms with E-state index in [0.717, 1.165) is 6.92 Å². The molecule has 0 spiro atoms. The molecule has 4 heterocycles. The van der Waals surface area contributed by atoms with Gasteiger partial charge in [-0.05, 0) is 18.9 Å². The minimum Gasteiger partial charge on any atom is -0.369 e. The Labute approximate surface area is 189 Å². The molecule has 1 saturated heterocycles. The van der Waals surface area contributed by atoms with Crippen LogP contribution >= 0.6 is 12.4 Å². The van der Waals surface area contributed by atoms with E-state index in [-0.39, 0.29) is 36.6 Å². The van der Waals surface area contributed by atoms with E-state index in [0.29, 0.717) is 41.2 Å². The molecular formula is C20H25ClF2N8O. The summed E-state index contributed by atoms with van der Waals surface area (Å²) in [7, 11) is 0. The molecule has 0 saturated carbocycles. The maximum Gasteiger partial charge on any atom is 0.303 e. The average molecular weight is 467 g/mol. The van der Waals surface area contributed by atoms with Gasteiger partial charge < -0.3 is 16.4 Å². The normalized spacial score (nSPS) is 18.8. The van der Waals surface area contributed by atoms with E-state index in [1.807, 2.05) is 4.90 Å². The van der Waals surface area contributed by atoms with Gasteiger partial charge in [0.25, 0.3) is 0 Å². The van der Waals surface area contributed by atoms with Gasteiger partial charge in [-0.1, -0.05) is 6.92 Å². The van der Waals surface area contributed by atoms with Crippen LogP contribution in [0.4, 0.5) is 14.6 Å². The van der Waals surface area contributed by atoms with Gasteiger partial charge in [0.2, 0.25) is 11.7 Å². The molecule has 0 radical (unpaired) electrons. The van der Waals surface area contributed by atoms with Crippen LogP contribution in [-0.2, 0) is 17.1 Å². The van der Waals surface area contributed by atoms with Gasteiger partial charge in [0.1, 0.15) is 0 Å². The van der Waals surface area contributed by atoms with Crippen molar-refractivity contribution in [2.75, 3.05) is 18.0 Å². The lowest BCUT2D eigenvalue weighted by molar-refractivity contribution is -0.117. The summed E-state index contributed by atoms with van der Waals surface area (Å²) in [5, 5.41) is 5.39. The molecule has 3 aromatic heterocycles. The quantitative estimate of drug-likeness (QED) is 0.587. The number of hydrogen-bond donors (Lipinski definition) is 2. The monoisotopic (exact) mass is 466 g/mol. The third kappa shape index (κ3) is 4.49. The number of rotatable bonds is 5. The molecule has 32 heavy (non-hydrogen) atoms. The summed E-state index contributed by atoms with van der Waals surface area (Å²) >= 11 is 0. The van der Waals surface area contributed by atoms with Gasteiger partial charge >= 0.3 is 5.92 Å². The highest BCUT2D eigenvalue weighted by Gasteiger charge is 2.32. The molecule has 0 unspecified atom stereocenters. The fourth-order valence-corrected chi connectivity index (χ4v) is 3.74. The number of halogens is 3. The van der Waals surface area contributed by atoms with E-state index in [2.05, 4.69) is 21.9 Å². The lowest BCUT2D eigenvalue weighted by Crippen LogP contribution is -2.28. The van der Waals surface area contributed by atoms with Crippen molar-refractivity contribution in [3.8, 4) is 5.82 Å². The summed E-state index contributed by atoms with van der Waals surface area (Å²) in [6, 6.07) is 3.25. The molecule has 1 aliphatic rings. The molecule has 0 aromatic carbocycles. The van der Waals surface area contributed by atoms with Gasteiger partial charge in [0, 0.05) is 44.0 Å². The number of nitrogens with zero attached hydrogens (tertiary/aromatic N) is 6. The van der Waals surface area contributed by atoms with E-state index < -0.39 is 17.7 Å². The zero-order valence-corrected chi connectivity index (χ0v) is 18.7. The molecule has 1 aliphatic heterocycles. The van der Waals surface area contributed by atoms with Crippen molar-refractivity contribution < 1.29 is 13.6 Å². The zero-order valence-electron chi connectivity index (χ0n) is 17.9. The molecule has 9 nitrogen and oxygen atoms in total. The Morgan fingerprint density at radius 1 is 1.28 bits per heavy atom. The Bertz CT molecular complexity index is 1150.